The first-order valence-electron chi connectivity index (χ1n) is 7.11. The smallest absolute Gasteiger partial charge is 0.0608 e. The molecule has 0 aliphatic rings. The topological polar surface area (TPSA) is 24.9 Å². The highest BCUT2D eigenvalue weighted by Crippen LogP contribution is 2.30. The number of rotatable bonds is 4. The molecule has 2 nitrogen and oxygen atoms in total. The Morgan fingerprint density at radius 1 is 1.00 bits per heavy atom. The number of nitrogens with zero attached hydrogens (tertiary/aromatic N) is 1. The molecule has 0 saturated heterocycles. The van der Waals surface area contributed by atoms with Crippen molar-refractivity contribution in [2.45, 2.75) is 13.0 Å². The van der Waals surface area contributed by atoms with Crippen LogP contribution in [0.15, 0.2) is 60.9 Å². The summed E-state index contributed by atoms with van der Waals surface area (Å²) in [5.74, 6) is 0. The highest BCUT2D eigenvalue weighted by molar-refractivity contribution is 14.1. The summed E-state index contributed by atoms with van der Waals surface area (Å²) in [5.41, 5.74) is 2.54. The predicted molar refractivity (Wildman–Crippen MR) is 96.4 cm³/mol. The van der Waals surface area contributed by atoms with E-state index in [0.717, 1.165) is 6.54 Å². The number of halogens is 1. The van der Waals surface area contributed by atoms with Gasteiger partial charge in [-0.15, -0.1) is 0 Å². The molecular formula is C18H17IN2. The third-order valence-electron chi connectivity index (χ3n) is 3.63. The van der Waals surface area contributed by atoms with Crippen LogP contribution in [0.25, 0.3) is 10.8 Å². The molecule has 0 fully saturated rings. The van der Waals surface area contributed by atoms with Crippen molar-refractivity contribution < 1.29 is 0 Å². The summed E-state index contributed by atoms with van der Waals surface area (Å²) in [6.07, 6.45) is 3.91. The third kappa shape index (κ3) is 2.94. The maximum absolute atomic E-state index is 4.43. The quantitative estimate of drug-likeness (QED) is 0.664. The molecule has 0 aliphatic carbocycles. The lowest BCUT2D eigenvalue weighted by Gasteiger charge is -2.21. The van der Waals surface area contributed by atoms with Crippen molar-refractivity contribution in [2.75, 3.05) is 6.54 Å². The zero-order valence-corrected chi connectivity index (χ0v) is 14.0. The summed E-state index contributed by atoms with van der Waals surface area (Å²) in [7, 11) is 0. The zero-order chi connectivity index (χ0) is 14.7. The highest BCUT2D eigenvalue weighted by atomic mass is 127. The summed E-state index contributed by atoms with van der Waals surface area (Å²) in [4.78, 5) is 4.43. The van der Waals surface area contributed by atoms with Gasteiger partial charge in [-0.1, -0.05) is 49.4 Å². The second-order valence-electron chi connectivity index (χ2n) is 4.96. The van der Waals surface area contributed by atoms with E-state index in [9.17, 15) is 0 Å². The maximum atomic E-state index is 4.43. The van der Waals surface area contributed by atoms with Gasteiger partial charge >= 0.3 is 0 Å². The van der Waals surface area contributed by atoms with E-state index >= 15 is 0 Å². The van der Waals surface area contributed by atoms with Gasteiger partial charge in [0.2, 0.25) is 0 Å². The minimum absolute atomic E-state index is 0.168. The molecular weight excluding hydrogens is 371 g/mol. The lowest BCUT2D eigenvalue weighted by atomic mass is 9.95. The van der Waals surface area contributed by atoms with Crippen LogP contribution in [0, 0.1) is 3.57 Å². The number of fused-ring (bicyclic) bond motifs is 1. The number of benzene rings is 2. The van der Waals surface area contributed by atoms with Crippen LogP contribution >= 0.6 is 22.6 Å². The monoisotopic (exact) mass is 388 g/mol. The molecule has 3 rings (SSSR count). The Morgan fingerprint density at radius 3 is 2.57 bits per heavy atom. The SMILES string of the molecule is CCNC(c1ccccc1I)c1cncc2ccccc12. The molecule has 1 atom stereocenters. The fourth-order valence-corrected chi connectivity index (χ4v) is 3.37. The van der Waals surface area contributed by atoms with E-state index in [1.807, 2.05) is 12.4 Å². The average molecular weight is 388 g/mol. The van der Waals surface area contributed by atoms with Crippen molar-refractivity contribution >= 4 is 33.4 Å². The highest BCUT2D eigenvalue weighted by Gasteiger charge is 2.18. The zero-order valence-electron chi connectivity index (χ0n) is 11.9. The van der Waals surface area contributed by atoms with Crippen LogP contribution in [-0.4, -0.2) is 11.5 Å². The third-order valence-corrected chi connectivity index (χ3v) is 4.62. The van der Waals surface area contributed by atoms with Crippen molar-refractivity contribution in [1.29, 1.82) is 0 Å². The minimum Gasteiger partial charge on any atom is -0.306 e. The maximum Gasteiger partial charge on any atom is 0.0608 e. The first-order chi connectivity index (χ1) is 10.3. The van der Waals surface area contributed by atoms with Crippen LogP contribution < -0.4 is 5.32 Å². The summed E-state index contributed by atoms with van der Waals surface area (Å²) < 4.78 is 1.27. The number of aromatic nitrogens is 1. The minimum atomic E-state index is 0.168. The van der Waals surface area contributed by atoms with Gasteiger partial charge in [-0.05, 0) is 51.7 Å². The molecule has 0 saturated carbocycles. The summed E-state index contributed by atoms with van der Waals surface area (Å²) in [6.45, 7) is 3.06. The second kappa shape index (κ2) is 6.54. The van der Waals surface area contributed by atoms with Crippen molar-refractivity contribution in [3.8, 4) is 0 Å². The van der Waals surface area contributed by atoms with E-state index in [0.29, 0.717) is 0 Å². The van der Waals surface area contributed by atoms with E-state index in [2.05, 4.69) is 88.3 Å². The Morgan fingerprint density at radius 2 is 1.76 bits per heavy atom. The van der Waals surface area contributed by atoms with Crippen LogP contribution in [-0.2, 0) is 0 Å². The van der Waals surface area contributed by atoms with Crippen LogP contribution in [0.5, 0.6) is 0 Å². The normalized spacial score (nSPS) is 12.5. The van der Waals surface area contributed by atoms with E-state index in [4.69, 9.17) is 0 Å². The number of hydrogen-bond acceptors (Lipinski definition) is 2. The largest absolute Gasteiger partial charge is 0.306 e. The predicted octanol–water partition coefficient (Wildman–Crippen LogP) is 4.54. The van der Waals surface area contributed by atoms with Gasteiger partial charge in [0.15, 0.2) is 0 Å². The molecule has 1 aromatic heterocycles. The van der Waals surface area contributed by atoms with Crippen molar-refractivity contribution in [1.82, 2.24) is 10.3 Å². The summed E-state index contributed by atoms with van der Waals surface area (Å²) >= 11 is 2.41. The molecule has 1 N–H and O–H groups in total. The second-order valence-corrected chi connectivity index (χ2v) is 6.12. The molecule has 3 aromatic rings. The van der Waals surface area contributed by atoms with Crippen LogP contribution in [0.4, 0.5) is 0 Å². The van der Waals surface area contributed by atoms with Crippen LogP contribution in [0.2, 0.25) is 0 Å². The Labute approximate surface area is 138 Å². The molecule has 0 aliphatic heterocycles. The fraction of sp³-hybridized carbons (Fsp3) is 0.167. The van der Waals surface area contributed by atoms with Gasteiger partial charge in [0.1, 0.15) is 0 Å². The van der Waals surface area contributed by atoms with Gasteiger partial charge in [0.25, 0.3) is 0 Å². The average Bonchev–Trinajstić information content (AvgIpc) is 2.53. The summed E-state index contributed by atoms with van der Waals surface area (Å²) in [5, 5.41) is 6.05. The molecule has 2 aromatic carbocycles. The Balaban J connectivity index is 2.19. The van der Waals surface area contributed by atoms with E-state index in [1.54, 1.807) is 0 Å². The number of nitrogens with one attached hydrogen (secondary N) is 1. The Kier molecular flexibility index (Phi) is 4.51. The molecule has 0 bridgehead atoms. The first kappa shape index (κ1) is 14.5. The Bertz CT molecular complexity index is 750. The van der Waals surface area contributed by atoms with E-state index in [1.165, 1.54) is 25.5 Å². The molecule has 0 radical (unpaired) electrons. The van der Waals surface area contributed by atoms with Gasteiger partial charge in [0, 0.05) is 21.4 Å². The molecule has 1 heterocycles. The summed E-state index contributed by atoms with van der Waals surface area (Å²) in [6, 6.07) is 17.1. The van der Waals surface area contributed by atoms with Crippen LogP contribution in [0.1, 0.15) is 24.1 Å². The molecule has 21 heavy (non-hydrogen) atoms. The van der Waals surface area contributed by atoms with Gasteiger partial charge in [0.05, 0.1) is 6.04 Å². The van der Waals surface area contributed by atoms with Gasteiger partial charge in [-0.2, -0.15) is 0 Å². The van der Waals surface area contributed by atoms with Crippen molar-refractivity contribution in [3.63, 3.8) is 0 Å². The lowest BCUT2D eigenvalue weighted by Crippen LogP contribution is -2.23. The number of hydrogen-bond donors (Lipinski definition) is 1. The molecule has 1 unspecified atom stereocenters. The number of pyridine rings is 1. The van der Waals surface area contributed by atoms with E-state index in [-0.39, 0.29) is 6.04 Å². The molecule has 106 valence electrons. The molecule has 0 amide bonds. The standard InChI is InChI=1S/C18H17IN2/c1-2-21-18(15-9-5-6-10-17(15)19)16-12-20-11-13-7-3-4-8-14(13)16/h3-12,18,21H,2H2,1H3. The van der Waals surface area contributed by atoms with Gasteiger partial charge in [-0.25, -0.2) is 0 Å². The lowest BCUT2D eigenvalue weighted by molar-refractivity contribution is 0.630. The van der Waals surface area contributed by atoms with Crippen LogP contribution in [0.3, 0.4) is 0 Å². The fourth-order valence-electron chi connectivity index (χ4n) is 2.67. The van der Waals surface area contributed by atoms with Gasteiger partial charge in [-0.3, -0.25) is 4.98 Å². The van der Waals surface area contributed by atoms with Gasteiger partial charge < -0.3 is 5.32 Å². The van der Waals surface area contributed by atoms with E-state index < -0.39 is 0 Å². The molecule has 0 spiro atoms. The Hall–Kier alpha value is -1.46. The van der Waals surface area contributed by atoms with Crippen molar-refractivity contribution in [2.24, 2.45) is 0 Å². The van der Waals surface area contributed by atoms with Crippen molar-refractivity contribution in [3.05, 3.63) is 75.6 Å². The molecule has 3 heteroatoms. The first-order valence-corrected chi connectivity index (χ1v) is 8.19.